The molecule has 10 rings (SSSR count). The minimum Gasteiger partial charge on any atom is -0.487 e. The molecule has 0 bridgehead atoms. The van der Waals surface area contributed by atoms with Gasteiger partial charge in [0.1, 0.15) is 47.4 Å². The van der Waals surface area contributed by atoms with E-state index in [-0.39, 0.29) is 77.8 Å². The van der Waals surface area contributed by atoms with Gasteiger partial charge in [-0.25, -0.2) is 9.97 Å². The standard InChI is InChI=1S/C27H29ClN4O5.C23H22Cl2N4O3.C4H8O2/c1-27(2)15-31(16-27)23(33)13-32-24-20(22(7-9-29-24)37-19-8-10-36-14-19)11-21(26(32)35)25(34)30-12-17-3-5-18(28)6-4-17;1-23(2)12-28(13-23)19(30)11-29-20-16(18(25)7-8-26-20)9-17(22(29)32)21(31)27-10-14-3-5-15(24)6-4-14;5-4-1-2-6-3-4/h3-7,9,11,19H,8,10,12-16H2,1-2H3,(H,30,34);3-9H,10-13H2,1-2H3,(H,27,31);4-5H,1-3H2. The van der Waals surface area contributed by atoms with Crippen molar-refractivity contribution in [3.63, 3.8) is 0 Å². The zero-order chi connectivity index (χ0) is 53.6. The van der Waals surface area contributed by atoms with E-state index in [1.807, 2.05) is 0 Å². The fraction of sp³-hybridized carbons (Fsp3) is 0.407. The van der Waals surface area contributed by atoms with Crippen LogP contribution in [-0.4, -0.2) is 122 Å². The molecule has 0 aliphatic carbocycles. The van der Waals surface area contributed by atoms with Crippen molar-refractivity contribution in [2.24, 2.45) is 10.8 Å². The van der Waals surface area contributed by atoms with E-state index in [0.717, 1.165) is 30.6 Å². The number of aliphatic hydroxyl groups is 1. The number of halogens is 3. The number of pyridine rings is 4. The smallest absolute Gasteiger partial charge is 0.265 e. The highest BCUT2D eigenvalue weighted by molar-refractivity contribution is 6.35. The molecule has 3 N–H and O–H groups in total. The molecule has 18 nitrogen and oxygen atoms in total. The molecule has 6 aromatic rings. The van der Waals surface area contributed by atoms with Crippen LogP contribution in [-0.2, 0) is 45.2 Å². The molecule has 4 saturated heterocycles. The molecule has 4 aliphatic rings. The van der Waals surface area contributed by atoms with Crippen LogP contribution < -0.4 is 26.5 Å². The Morgan fingerprint density at radius 3 is 1.53 bits per heavy atom. The number of nitrogens with one attached hydrogen (secondary N) is 2. The summed E-state index contributed by atoms with van der Waals surface area (Å²) in [6, 6.07) is 20.3. The molecule has 4 aromatic heterocycles. The van der Waals surface area contributed by atoms with Crippen molar-refractivity contribution in [2.45, 2.75) is 78.9 Å². The lowest BCUT2D eigenvalue weighted by atomic mass is 9.84. The van der Waals surface area contributed by atoms with E-state index in [1.54, 1.807) is 76.7 Å². The second kappa shape index (κ2) is 23.6. The van der Waals surface area contributed by atoms with Gasteiger partial charge >= 0.3 is 0 Å². The summed E-state index contributed by atoms with van der Waals surface area (Å²) >= 11 is 18.2. The number of benzene rings is 2. The Kier molecular flexibility index (Phi) is 17.3. The molecule has 2 unspecified atom stereocenters. The number of fused-ring (bicyclic) bond motifs is 2. The van der Waals surface area contributed by atoms with Gasteiger partial charge in [-0.2, -0.15) is 0 Å². The molecule has 2 aromatic carbocycles. The number of nitrogens with zero attached hydrogens (tertiary/aromatic N) is 6. The summed E-state index contributed by atoms with van der Waals surface area (Å²) in [5.41, 5.74) is 0.991. The van der Waals surface area contributed by atoms with Crippen LogP contribution in [0.2, 0.25) is 15.1 Å². The monoisotopic (exact) mass is 1080 g/mol. The van der Waals surface area contributed by atoms with Crippen molar-refractivity contribution < 1.29 is 38.5 Å². The first-order chi connectivity index (χ1) is 35.7. The SMILES string of the molecule is CC1(C)CN(C(=O)Cn2c(=O)c(C(=O)NCc3ccc(Cl)cc3)cc3c(Cl)ccnc32)C1.CC1(C)CN(C(=O)Cn2c(=O)c(C(=O)NCc3ccc(Cl)cc3)cc3c(OC4CCOC4)ccnc32)C1.OC1CCOC1. The van der Waals surface area contributed by atoms with Gasteiger partial charge in [0.05, 0.1) is 36.3 Å². The normalized spacial score (nSPS) is 18.2. The average molecular weight is 1090 g/mol. The fourth-order valence-corrected chi connectivity index (χ4v) is 9.51. The van der Waals surface area contributed by atoms with E-state index >= 15 is 0 Å². The number of carbonyl (C=O) groups is 4. The maximum Gasteiger partial charge on any atom is 0.265 e. The highest BCUT2D eigenvalue weighted by Crippen LogP contribution is 2.31. The Morgan fingerprint density at radius 1 is 0.653 bits per heavy atom. The van der Waals surface area contributed by atoms with Crippen LogP contribution >= 0.6 is 34.8 Å². The third-order valence-corrected chi connectivity index (χ3v) is 13.8. The quantitative estimate of drug-likeness (QED) is 0.123. The molecule has 4 amide bonds. The van der Waals surface area contributed by atoms with E-state index in [9.17, 15) is 28.8 Å². The van der Waals surface area contributed by atoms with Crippen LogP contribution in [0.25, 0.3) is 22.1 Å². The number of rotatable bonds is 12. The van der Waals surface area contributed by atoms with Gasteiger partial charge in [0.15, 0.2) is 0 Å². The largest absolute Gasteiger partial charge is 0.487 e. The van der Waals surface area contributed by atoms with Crippen molar-refractivity contribution in [3.8, 4) is 5.75 Å². The van der Waals surface area contributed by atoms with Crippen molar-refractivity contribution in [3.05, 3.63) is 143 Å². The molecular weight excluding hydrogens is 1030 g/mol. The molecule has 75 heavy (non-hydrogen) atoms. The summed E-state index contributed by atoms with van der Waals surface area (Å²) in [6.45, 7) is 13.1. The van der Waals surface area contributed by atoms with Gasteiger partial charge in [-0.15, -0.1) is 0 Å². The number of carbonyl (C=O) groups excluding carboxylic acids is 4. The third kappa shape index (κ3) is 13.7. The van der Waals surface area contributed by atoms with Gasteiger partial charge in [-0.3, -0.25) is 37.9 Å². The zero-order valence-corrected chi connectivity index (χ0v) is 44.3. The topological polar surface area (TPSA) is 217 Å². The average Bonchev–Trinajstić information content (AvgIpc) is 4.08. The van der Waals surface area contributed by atoms with Crippen molar-refractivity contribution in [2.75, 3.05) is 52.6 Å². The predicted molar refractivity (Wildman–Crippen MR) is 284 cm³/mol. The van der Waals surface area contributed by atoms with Gasteiger partial charge in [0.2, 0.25) is 11.8 Å². The molecule has 396 valence electrons. The van der Waals surface area contributed by atoms with Gasteiger partial charge in [0, 0.05) is 80.1 Å². The second-order valence-electron chi connectivity index (χ2n) is 20.5. The first-order valence-corrected chi connectivity index (χ1v) is 25.7. The molecule has 8 heterocycles. The minimum atomic E-state index is -0.589. The summed E-state index contributed by atoms with van der Waals surface area (Å²) in [5.74, 6) is -1.02. The van der Waals surface area contributed by atoms with Crippen LogP contribution in [0.5, 0.6) is 5.75 Å². The zero-order valence-electron chi connectivity index (χ0n) is 42.1. The number of hydrogen-bond donors (Lipinski definition) is 3. The summed E-state index contributed by atoms with van der Waals surface area (Å²) in [7, 11) is 0. The number of aromatic nitrogens is 4. The van der Waals surface area contributed by atoms with Gasteiger partial charge < -0.3 is 39.8 Å². The Hall–Kier alpha value is -6.41. The summed E-state index contributed by atoms with van der Waals surface area (Å²) in [5, 5.41) is 16.6. The van der Waals surface area contributed by atoms with Crippen molar-refractivity contribution in [1.82, 2.24) is 39.5 Å². The van der Waals surface area contributed by atoms with Gasteiger partial charge in [-0.1, -0.05) is 86.8 Å². The Morgan fingerprint density at radius 2 is 1.11 bits per heavy atom. The molecule has 4 fully saturated rings. The summed E-state index contributed by atoms with van der Waals surface area (Å²) in [4.78, 5) is 90.7. The molecule has 0 spiro atoms. The van der Waals surface area contributed by atoms with Crippen molar-refractivity contribution >= 4 is 80.5 Å². The van der Waals surface area contributed by atoms with Gasteiger partial charge in [0.25, 0.3) is 22.9 Å². The van der Waals surface area contributed by atoms with E-state index < -0.39 is 22.9 Å². The third-order valence-electron chi connectivity index (χ3n) is 13.0. The summed E-state index contributed by atoms with van der Waals surface area (Å²) in [6.07, 6.45) is 4.25. The van der Waals surface area contributed by atoms with Crippen LogP contribution in [0.15, 0.2) is 94.8 Å². The molecule has 0 radical (unpaired) electrons. The minimum absolute atomic E-state index is 0.0503. The lowest BCUT2D eigenvalue weighted by Crippen LogP contribution is -2.56. The molecule has 21 heteroatoms. The van der Waals surface area contributed by atoms with Crippen LogP contribution in [0.1, 0.15) is 72.4 Å². The fourth-order valence-electron chi connectivity index (χ4n) is 9.07. The molecular formula is C54H59Cl3N8O10. The number of aliphatic hydroxyl groups excluding tert-OH is 1. The number of ether oxygens (including phenoxy) is 3. The second-order valence-corrected chi connectivity index (χ2v) is 21.8. The highest BCUT2D eigenvalue weighted by atomic mass is 35.5. The van der Waals surface area contributed by atoms with E-state index in [0.29, 0.717) is 83.2 Å². The maximum atomic E-state index is 13.5. The molecule has 2 atom stereocenters. The van der Waals surface area contributed by atoms with Crippen LogP contribution in [0.3, 0.4) is 0 Å². The Bertz CT molecular complexity index is 3190. The first-order valence-electron chi connectivity index (χ1n) is 24.6. The number of amides is 4. The molecule has 0 saturated carbocycles. The number of hydrogen-bond acceptors (Lipinski definition) is 12. The first kappa shape index (κ1) is 54.8. The summed E-state index contributed by atoms with van der Waals surface area (Å²) < 4.78 is 18.9. The lowest BCUT2D eigenvalue weighted by Gasteiger charge is -2.45. The highest BCUT2D eigenvalue weighted by Gasteiger charge is 2.38. The molecule has 4 aliphatic heterocycles. The van der Waals surface area contributed by atoms with E-state index in [4.69, 9.17) is 54.1 Å². The van der Waals surface area contributed by atoms with E-state index in [2.05, 4.69) is 48.3 Å². The number of likely N-dealkylation sites (tertiary alicyclic amines) is 2. The predicted octanol–water partition coefficient (Wildman–Crippen LogP) is 6.29. The van der Waals surface area contributed by atoms with E-state index in [1.165, 1.54) is 27.5 Å². The van der Waals surface area contributed by atoms with Crippen molar-refractivity contribution in [1.29, 1.82) is 0 Å². The lowest BCUT2D eigenvalue weighted by molar-refractivity contribution is -0.142. The maximum absolute atomic E-state index is 13.5. The van der Waals surface area contributed by atoms with Crippen LogP contribution in [0, 0.1) is 10.8 Å². The van der Waals surface area contributed by atoms with Gasteiger partial charge in [-0.05, 0) is 76.9 Å². The van der Waals surface area contributed by atoms with Crippen LogP contribution in [0.4, 0.5) is 0 Å². The Labute approximate surface area is 447 Å². The Balaban J connectivity index is 0.000000180.